The SMILES string of the molecule is c1ccc(CCNc2ccnc(NC3CC3)n2)cc1. The van der Waals surface area contributed by atoms with Gasteiger partial charge in [-0.3, -0.25) is 0 Å². The minimum Gasteiger partial charge on any atom is -0.370 e. The van der Waals surface area contributed by atoms with E-state index in [1.54, 1.807) is 6.20 Å². The molecule has 1 saturated carbocycles. The lowest BCUT2D eigenvalue weighted by molar-refractivity contribution is 0.991. The smallest absolute Gasteiger partial charge is 0.224 e. The Kier molecular flexibility index (Phi) is 3.58. The van der Waals surface area contributed by atoms with Crippen molar-refractivity contribution in [3.63, 3.8) is 0 Å². The van der Waals surface area contributed by atoms with Crippen LogP contribution in [-0.2, 0) is 6.42 Å². The number of nitrogens with one attached hydrogen (secondary N) is 2. The molecule has 1 aliphatic rings. The third-order valence-electron chi connectivity index (χ3n) is 3.13. The van der Waals surface area contributed by atoms with Crippen molar-refractivity contribution in [1.29, 1.82) is 0 Å². The van der Waals surface area contributed by atoms with Crippen LogP contribution in [-0.4, -0.2) is 22.6 Å². The van der Waals surface area contributed by atoms with E-state index < -0.39 is 0 Å². The van der Waals surface area contributed by atoms with Crippen molar-refractivity contribution in [3.8, 4) is 0 Å². The van der Waals surface area contributed by atoms with Crippen molar-refractivity contribution in [3.05, 3.63) is 48.2 Å². The molecule has 1 fully saturated rings. The molecule has 0 saturated heterocycles. The Hall–Kier alpha value is -2.10. The number of aromatic nitrogens is 2. The van der Waals surface area contributed by atoms with Gasteiger partial charge in [0, 0.05) is 18.8 Å². The maximum absolute atomic E-state index is 4.45. The minimum absolute atomic E-state index is 0.583. The van der Waals surface area contributed by atoms with Crippen LogP contribution in [0.5, 0.6) is 0 Å². The molecule has 2 aromatic rings. The van der Waals surface area contributed by atoms with E-state index in [9.17, 15) is 0 Å². The first-order valence-electron chi connectivity index (χ1n) is 6.77. The number of hydrogen-bond donors (Lipinski definition) is 2. The van der Waals surface area contributed by atoms with Gasteiger partial charge in [-0.15, -0.1) is 0 Å². The highest BCUT2D eigenvalue weighted by atomic mass is 15.2. The van der Waals surface area contributed by atoms with Crippen molar-refractivity contribution in [2.24, 2.45) is 0 Å². The van der Waals surface area contributed by atoms with Gasteiger partial charge in [0.1, 0.15) is 5.82 Å². The Morgan fingerprint density at radius 1 is 1.11 bits per heavy atom. The average Bonchev–Trinajstić information content (AvgIpc) is 3.24. The number of nitrogens with zero attached hydrogens (tertiary/aromatic N) is 2. The summed E-state index contributed by atoms with van der Waals surface area (Å²) in [6.07, 6.45) is 5.25. The third kappa shape index (κ3) is 3.68. The summed E-state index contributed by atoms with van der Waals surface area (Å²) < 4.78 is 0. The van der Waals surface area contributed by atoms with Crippen LogP contribution in [0.2, 0.25) is 0 Å². The predicted molar refractivity (Wildman–Crippen MR) is 77.3 cm³/mol. The first-order chi connectivity index (χ1) is 9.40. The van der Waals surface area contributed by atoms with Crippen LogP contribution in [0.1, 0.15) is 18.4 Å². The molecule has 0 atom stereocenters. The molecule has 1 heterocycles. The molecule has 3 rings (SSSR count). The lowest BCUT2D eigenvalue weighted by atomic mass is 10.1. The second-order valence-electron chi connectivity index (χ2n) is 4.85. The van der Waals surface area contributed by atoms with Gasteiger partial charge in [0.2, 0.25) is 5.95 Å². The van der Waals surface area contributed by atoms with Gasteiger partial charge in [-0.1, -0.05) is 30.3 Å². The average molecular weight is 254 g/mol. The molecule has 0 unspecified atom stereocenters. The molecule has 1 aromatic carbocycles. The lowest BCUT2D eigenvalue weighted by Gasteiger charge is -2.07. The maximum atomic E-state index is 4.45. The molecule has 4 nitrogen and oxygen atoms in total. The topological polar surface area (TPSA) is 49.8 Å². The molecular formula is C15H18N4. The van der Waals surface area contributed by atoms with Crippen LogP contribution in [0, 0.1) is 0 Å². The molecule has 0 radical (unpaired) electrons. The molecule has 0 bridgehead atoms. The summed E-state index contributed by atoms with van der Waals surface area (Å²) in [5.41, 5.74) is 1.33. The second kappa shape index (κ2) is 5.69. The van der Waals surface area contributed by atoms with Gasteiger partial charge in [0.05, 0.1) is 0 Å². The van der Waals surface area contributed by atoms with Gasteiger partial charge in [0.15, 0.2) is 0 Å². The highest BCUT2D eigenvalue weighted by Gasteiger charge is 2.21. The fraction of sp³-hybridized carbons (Fsp3) is 0.333. The fourth-order valence-corrected chi connectivity index (χ4v) is 1.92. The van der Waals surface area contributed by atoms with Gasteiger partial charge in [-0.2, -0.15) is 4.98 Å². The van der Waals surface area contributed by atoms with Crippen molar-refractivity contribution in [1.82, 2.24) is 9.97 Å². The van der Waals surface area contributed by atoms with Gasteiger partial charge >= 0.3 is 0 Å². The van der Waals surface area contributed by atoms with E-state index in [-0.39, 0.29) is 0 Å². The van der Waals surface area contributed by atoms with Crippen LogP contribution >= 0.6 is 0 Å². The summed E-state index contributed by atoms with van der Waals surface area (Å²) in [4.78, 5) is 8.67. The summed E-state index contributed by atoms with van der Waals surface area (Å²) in [6.45, 7) is 0.879. The molecule has 0 amide bonds. The minimum atomic E-state index is 0.583. The molecule has 98 valence electrons. The fourth-order valence-electron chi connectivity index (χ4n) is 1.92. The summed E-state index contributed by atoms with van der Waals surface area (Å²) in [5.74, 6) is 1.61. The van der Waals surface area contributed by atoms with E-state index in [1.165, 1.54) is 18.4 Å². The van der Waals surface area contributed by atoms with Crippen molar-refractivity contribution in [2.45, 2.75) is 25.3 Å². The van der Waals surface area contributed by atoms with Crippen LogP contribution in [0.4, 0.5) is 11.8 Å². The van der Waals surface area contributed by atoms with Crippen molar-refractivity contribution < 1.29 is 0 Å². The van der Waals surface area contributed by atoms with E-state index >= 15 is 0 Å². The molecule has 4 heteroatoms. The molecule has 1 aliphatic carbocycles. The van der Waals surface area contributed by atoms with E-state index in [0.717, 1.165) is 24.7 Å². The Morgan fingerprint density at radius 2 is 1.95 bits per heavy atom. The Labute approximate surface area is 113 Å². The Balaban J connectivity index is 1.51. The van der Waals surface area contributed by atoms with E-state index in [0.29, 0.717) is 6.04 Å². The molecule has 0 spiro atoms. The second-order valence-corrected chi connectivity index (χ2v) is 4.85. The van der Waals surface area contributed by atoms with Crippen LogP contribution in [0.15, 0.2) is 42.6 Å². The zero-order chi connectivity index (χ0) is 12.9. The summed E-state index contributed by atoms with van der Waals surface area (Å²) in [6, 6.07) is 12.9. The predicted octanol–water partition coefficient (Wildman–Crippen LogP) is 2.71. The maximum Gasteiger partial charge on any atom is 0.224 e. The summed E-state index contributed by atoms with van der Waals surface area (Å²) in [5, 5.41) is 6.64. The Bertz CT molecular complexity index is 523. The number of benzene rings is 1. The molecule has 0 aliphatic heterocycles. The highest BCUT2D eigenvalue weighted by molar-refractivity contribution is 5.40. The van der Waals surface area contributed by atoms with Crippen molar-refractivity contribution in [2.75, 3.05) is 17.2 Å². The largest absolute Gasteiger partial charge is 0.370 e. The van der Waals surface area contributed by atoms with E-state index in [1.807, 2.05) is 12.1 Å². The highest BCUT2D eigenvalue weighted by Crippen LogP contribution is 2.23. The lowest BCUT2D eigenvalue weighted by Crippen LogP contribution is -2.09. The van der Waals surface area contributed by atoms with Gasteiger partial charge in [-0.25, -0.2) is 4.98 Å². The Morgan fingerprint density at radius 3 is 2.74 bits per heavy atom. The number of anilines is 2. The quantitative estimate of drug-likeness (QED) is 0.832. The third-order valence-corrected chi connectivity index (χ3v) is 3.13. The summed E-state index contributed by atoms with van der Waals surface area (Å²) >= 11 is 0. The monoisotopic (exact) mass is 254 g/mol. The molecule has 2 N–H and O–H groups in total. The number of rotatable bonds is 6. The van der Waals surface area contributed by atoms with E-state index in [2.05, 4.69) is 44.9 Å². The number of hydrogen-bond acceptors (Lipinski definition) is 4. The van der Waals surface area contributed by atoms with E-state index in [4.69, 9.17) is 0 Å². The van der Waals surface area contributed by atoms with Crippen LogP contribution < -0.4 is 10.6 Å². The van der Waals surface area contributed by atoms with Gasteiger partial charge in [0.25, 0.3) is 0 Å². The first-order valence-corrected chi connectivity index (χ1v) is 6.77. The normalized spacial score (nSPS) is 14.1. The summed E-state index contributed by atoms with van der Waals surface area (Å²) in [7, 11) is 0. The zero-order valence-electron chi connectivity index (χ0n) is 10.8. The van der Waals surface area contributed by atoms with Crippen molar-refractivity contribution >= 4 is 11.8 Å². The van der Waals surface area contributed by atoms with Crippen LogP contribution in [0.25, 0.3) is 0 Å². The van der Waals surface area contributed by atoms with Gasteiger partial charge < -0.3 is 10.6 Å². The molecular weight excluding hydrogens is 236 g/mol. The molecule has 1 aromatic heterocycles. The molecule has 19 heavy (non-hydrogen) atoms. The zero-order valence-corrected chi connectivity index (χ0v) is 10.8. The standard InChI is InChI=1S/C15H18N4/c1-2-4-12(5-3-1)8-10-16-14-9-11-17-15(19-14)18-13-6-7-13/h1-5,9,11,13H,6-8,10H2,(H2,16,17,18,19). The van der Waals surface area contributed by atoms with Crippen LogP contribution in [0.3, 0.4) is 0 Å². The first kappa shape index (κ1) is 12.0. The van der Waals surface area contributed by atoms with Gasteiger partial charge in [-0.05, 0) is 30.9 Å².